The van der Waals surface area contributed by atoms with E-state index < -0.39 is 0 Å². The molecule has 3 nitrogen and oxygen atoms in total. The quantitative estimate of drug-likeness (QED) is 0.809. The Morgan fingerprint density at radius 3 is 2.82 bits per heavy atom. The van der Waals surface area contributed by atoms with Gasteiger partial charge in [-0.25, -0.2) is 0 Å². The molecule has 1 unspecified atom stereocenters. The summed E-state index contributed by atoms with van der Waals surface area (Å²) in [6.07, 6.45) is 3.97. The lowest BCUT2D eigenvalue weighted by molar-refractivity contribution is 0.0319. The predicted octanol–water partition coefficient (Wildman–Crippen LogP) is 1.92. The lowest BCUT2D eigenvalue weighted by Gasteiger charge is -2.31. The monoisotopic (exact) mass is 234 g/mol. The second kappa shape index (κ2) is 6.03. The number of piperidine rings is 1. The Kier molecular flexibility index (Phi) is 4.40. The van der Waals surface area contributed by atoms with E-state index >= 15 is 0 Å². The summed E-state index contributed by atoms with van der Waals surface area (Å²) in [6, 6.07) is 8.19. The largest absolute Gasteiger partial charge is 0.399 e. The standard InChI is InChI=1S/C14H22N2O/c1-17-14-3-2-9-16(11-14)10-8-12-4-6-13(15)7-5-12/h4-7,14H,2-3,8-11,15H2,1H3. The number of methoxy groups -OCH3 is 1. The predicted molar refractivity (Wildman–Crippen MR) is 71.0 cm³/mol. The Balaban J connectivity index is 1.79. The smallest absolute Gasteiger partial charge is 0.0698 e. The van der Waals surface area contributed by atoms with Crippen molar-refractivity contribution in [3.05, 3.63) is 29.8 Å². The van der Waals surface area contributed by atoms with Crippen molar-refractivity contribution in [3.63, 3.8) is 0 Å². The van der Waals surface area contributed by atoms with Gasteiger partial charge in [-0.3, -0.25) is 0 Å². The van der Waals surface area contributed by atoms with Gasteiger partial charge in [0.1, 0.15) is 0 Å². The van der Waals surface area contributed by atoms with Crippen LogP contribution in [0.2, 0.25) is 0 Å². The number of rotatable bonds is 4. The molecule has 1 aliphatic heterocycles. The number of anilines is 1. The maximum atomic E-state index is 5.67. The fraction of sp³-hybridized carbons (Fsp3) is 0.571. The molecule has 1 aliphatic rings. The maximum Gasteiger partial charge on any atom is 0.0698 e. The third kappa shape index (κ3) is 3.72. The second-order valence-corrected chi connectivity index (χ2v) is 4.79. The zero-order valence-electron chi connectivity index (χ0n) is 10.6. The summed E-state index contributed by atoms with van der Waals surface area (Å²) in [7, 11) is 1.81. The van der Waals surface area contributed by atoms with Gasteiger partial charge in [-0.05, 0) is 43.5 Å². The lowest BCUT2D eigenvalue weighted by Crippen LogP contribution is -2.40. The fourth-order valence-corrected chi connectivity index (χ4v) is 2.38. The van der Waals surface area contributed by atoms with Gasteiger partial charge in [0.05, 0.1) is 6.10 Å². The van der Waals surface area contributed by atoms with Gasteiger partial charge in [0.25, 0.3) is 0 Å². The minimum absolute atomic E-state index is 0.426. The summed E-state index contributed by atoms with van der Waals surface area (Å²) >= 11 is 0. The third-order valence-corrected chi connectivity index (χ3v) is 3.49. The highest BCUT2D eigenvalue weighted by atomic mass is 16.5. The third-order valence-electron chi connectivity index (χ3n) is 3.49. The minimum Gasteiger partial charge on any atom is -0.399 e. The van der Waals surface area contributed by atoms with Crippen LogP contribution in [0.5, 0.6) is 0 Å². The van der Waals surface area contributed by atoms with Crippen LogP contribution in [0.25, 0.3) is 0 Å². The fourth-order valence-electron chi connectivity index (χ4n) is 2.38. The van der Waals surface area contributed by atoms with E-state index in [0.717, 1.165) is 25.2 Å². The number of hydrogen-bond acceptors (Lipinski definition) is 3. The van der Waals surface area contributed by atoms with Crippen LogP contribution in [0.4, 0.5) is 5.69 Å². The van der Waals surface area contributed by atoms with Gasteiger partial charge >= 0.3 is 0 Å². The average molecular weight is 234 g/mol. The second-order valence-electron chi connectivity index (χ2n) is 4.79. The van der Waals surface area contributed by atoms with E-state index in [1.807, 2.05) is 19.2 Å². The molecule has 2 N–H and O–H groups in total. The number of nitrogens with zero attached hydrogens (tertiary/aromatic N) is 1. The Morgan fingerprint density at radius 1 is 1.35 bits per heavy atom. The van der Waals surface area contributed by atoms with Crippen LogP contribution in [0.1, 0.15) is 18.4 Å². The number of hydrogen-bond donors (Lipinski definition) is 1. The van der Waals surface area contributed by atoms with Crippen LogP contribution in [0.15, 0.2) is 24.3 Å². The summed E-state index contributed by atoms with van der Waals surface area (Å²) in [6.45, 7) is 3.39. The average Bonchev–Trinajstić information content (AvgIpc) is 2.38. The summed E-state index contributed by atoms with van der Waals surface area (Å²) < 4.78 is 5.43. The summed E-state index contributed by atoms with van der Waals surface area (Å²) in [4.78, 5) is 2.49. The first-order valence-electron chi connectivity index (χ1n) is 6.37. The molecular formula is C14H22N2O. The number of benzene rings is 1. The molecule has 1 heterocycles. The molecule has 1 atom stereocenters. The molecular weight excluding hydrogens is 212 g/mol. The van der Waals surface area contributed by atoms with Gasteiger partial charge in [0.15, 0.2) is 0 Å². The molecule has 1 saturated heterocycles. The highest BCUT2D eigenvalue weighted by Crippen LogP contribution is 2.13. The SMILES string of the molecule is COC1CCCN(CCc2ccc(N)cc2)C1. The van der Waals surface area contributed by atoms with Crippen molar-refractivity contribution in [1.29, 1.82) is 0 Å². The van der Waals surface area contributed by atoms with Crippen LogP contribution in [-0.2, 0) is 11.2 Å². The van der Waals surface area contributed by atoms with Crippen LogP contribution in [0.3, 0.4) is 0 Å². The van der Waals surface area contributed by atoms with Crippen LogP contribution in [0, 0.1) is 0 Å². The number of nitrogens with two attached hydrogens (primary N) is 1. The van der Waals surface area contributed by atoms with Gasteiger partial charge in [-0.15, -0.1) is 0 Å². The van der Waals surface area contributed by atoms with Crippen molar-refractivity contribution < 1.29 is 4.74 Å². The van der Waals surface area contributed by atoms with E-state index in [1.54, 1.807) is 0 Å². The first-order chi connectivity index (χ1) is 8.28. The van der Waals surface area contributed by atoms with Crippen LogP contribution < -0.4 is 5.73 Å². The topological polar surface area (TPSA) is 38.5 Å². The molecule has 1 aromatic carbocycles. The number of nitrogen functional groups attached to an aromatic ring is 1. The molecule has 94 valence electrons. The number of ether oxygens (including phenoxy) is 1. The van der Waals surface area contributed by atoms with Gasteiger partial charge in [-0.1, -0.05) is 12.1 Å². The van der Waals surface area contributed by atoms with Crippen molar-refractivity contribution in [3.8, 4) is 0 Å². The van der Waals surface area contributed by atoms with E-state index in [4.69, 9.17) is 10.5 Å². The molecule has 1 aromatic rings. The van der Waals surface area contributed by atoms with Crippen LogP contribution in [-0.4, -0.2) is 37.7 Å². The van der Waals surface area contributed by atoms with E-state index in [9.17, 15) is 0 Å². The normalized spacial score (nSPS) is 21.6. The summed E-state index contributed by atoms with van der Waals surface area (Å²) in [5.41, 5.74) is 7.87. The molecule has 2 rings (SSSR count). The molecule has 0 bridgehead atoms. The molecule has 3 heteroatoms. The van der Waals surface area contributed by atoms with E-state index in [0.29, 0.717) is 6.10 Å². The van der Waals surface area contributed by atoms with Crippen molar-refractivity contribution in [1.82, 2.24) is 4.90 Å². The summed E-state index contributed by atoms with van der Waals surface area (Å²) in [5.74, 6) is 0. The van der Waals surface area contributed by atoms with Crippen molar-refractivity contribution in [2.45, 2.75) is 25.4 Å². The van der Waals surface area contributed by atoms with E-state index in [-0.39, 0.29) is 0 Å². The van der Waals surface area contributed by atoms with Crippen molar-refractivity contribution >= 4 is 5.69 Å². The maximum absolute atomic E-state index is 5.67. The Morgan fingerprint density at radius 2 is 2.12 bits per heavy atom. The Bertz CT molecular complexity index is 337. The molecule has 0 aliphatic carbocycles. The molecule has 0 amide bonds. The molecule has 17 heavy (non-hydrogen) atoms. The molecule has 0 aromatic heterocycles. The molecule has 0 radical (unpaired) electrons. The van der Waals surface area contributed by atoms with Crippen molar-refractivity contribution in [2.75, 3.05) is 32.5 Å². The number of likely N-dealkylation sites (tertiary alicyclic amines) is 1. The van der Waals surface area contributed by atoms with Gasteiger partial charge in [-0.2, -0.15) is 0 Å². The lowest BCUT2D eigenvalue weighted by atomic mass is 10.1. The Hall–Kier alpha value is -1.06. The van der Waals surface area contributed by atoms with Gasteiger partial charge in [0.2, 0.25) is 0 Å². The summed E-state index contributed by atoms with van der Waals surface area (Å²) in [5, 5.41) is 0. The van der Waals surface area contributed by atoms with E-state index in [2.05, 4.69) is 17.0 Å². The van der Waals surface area contributed by atoms with Crippen molar-refractivity contribution in [2.24, 2.45) is 0 Å². The van der Waals surface area contributed by atoms with Gasteiger partial charge < -0.3 is 15.4 Å². The van der Waals surface area contributed by atoms with Gasteiger partial charge in [0, 0.05) is 25.9 Å². The van der Waals surface area contributed by atoms with Crippen LogP contribution >= 0.6 is 0 Å². The molecule has 0 saturated carbocycles. The molecule has 1 fully saturated rings. The molecule has 0 spiro atoms. The highest BCUT2D eigenvalue weighted by molar-refractivity contribution is 5.39. The first-order valence-corrected chi connectivity index (χ1v) is 6.37. The zero-order chi connectivity index (χ0) is 12.1. The minimum atomic E-state index is 0.426. The first kappa shape index (κ1) is 12.4. The Labute approximate surface area is 104 Å². The highest BCUT2D eigenvalue weighted by Gasteiger charge is 2.18. The van der Waals surface area contributed by atoms with E-state index in [1.165, 1.54) is 24.9 Å². The zero-order valence-corrected chi connectivity index (χ0v) is 10.6.